The number of nitrogens with one attached hydrogen (secondary N) is 1. The van der Waals surface area contributed by atoms with E-state index in [-0.39, 0.29) is 0 Å². The van der Waals surface area contributed by atoms with Crippen LogP contribution in [-0.4, -0.2) is 37.6 Å². The van der Waals surface area contributed by atoms with Crippen molar-refractivity contribution in [2.24, 2.45) is 0 Å². The Bertz CT molecular complexity index is 381. The van der Waals surface area contributed by atoms with Crippen LogP contribution < -0.4 is 5.32 Å². The topological polar surface area (TPSA) is 15.3 Å². The van der Waals surface area contributed by atoms with Gasteiger partial charge in [0.15, 0.2) is 0 Å². The average molecular weight is 244 g/mol. The standard InChI is InChI=1S/C16H24N2/c1-18-12-11-17-13-15(18)16(9-5-6-10-16)14-7-3-2-4-8-14/h2-4,7-8,15,17H,5-6,9-13H2,1H3. The van der Waals surface area contributed by atoms with Gasteiger partial charge in [0.05, 0.1) is 0 Å². The summed E-state index contributed by atoms with van der Waals surface area (Å²) >= 11 is 0. The number of rotatable bonds is 2. The van der Waals surface area contributed by atoms with Crippen LogP contribution in [-0.2, 0) is 5.41 Å². The summed E-state index contributed by atoms with van der Waals surface area (Å²) in [4.78, 5) is 2.58. The molecule has 2 aliphatic rings. The van der Waals surface area contributed by atoms with E-state index >= 15 is 0 Å². The molecule has 1 atom stereocenters. The van der Waals surface area contributed by atoms with Crippen LogP contribution in [0.25, 0.3) is 0 Å². The Kier molecular flexibility index (Phi) is 3.40. The molecule has 1 unspecified atom stereocenters. The van der Waals surface area contributed by atoms with Crippen molar-refractivity contribution in [2.75, 3.05) is 26.7 Å². The van der Waals surface area contributed by atoms with Crippen molar-refractivity contribution in [1.82, 2.24) is 10.2 Å². The molecule has 1 aromatic carbocycles. The predicted octanol–water partition coefficient (Wildman–Crippen LogP) is 2.40. The molecular weight excluding hydrogens is 220 g/mol. The molecule has 18 heavy (non-hydrogen) atoms. The van der Waals surface area contributed by atoms with E-state index in [9.17, 15) is 0 Å². The van der Waals surface area contributed by atoms with Gasteiger partial charge in [0, 0.05) is 31.1 Å². The minimum atomic E-state index is 0.392. The molecule has 0 aromatic heterocycles. The number of benzene rings is 1. The first-order valence-corrected chi connectivity index (χ1v) is 7.29. The summed E-state index contributed by atoms with van der Waals surface area (Å²) in [5, 5.41) is 3.60. The van der Waals surface area contributed by atoms with Crippen molar-refractivity contribution < 1.29 is 0 Å². The predicted molar refractivity (Wildman–Crippen MR) is 75.9 cm³/mol. The molecule has 1 heterocycles. The van der Waals surface area contributed by atoms with E-state index in [4.69, 9.17) is 0 Å². The van der Waals surface area contributed by atoms with E-state index in [0.717, 1.165) is 13.1 Å². The van der Waals surface area contributed by atoms with Crippen LogP contribution in [0.2, 0.25) is 0 Å². The second kappa shape index (κ2) is 5.02. The third kappa shape index (κ3) is 1.98. The average Bonchev–Trinajstić information content (AvgIpc) is 2.91. The van der Waals surface area contributed by atoms with Crippen LogP contribution in [0.4, 0.5) is 0 Å². The van der Waals surface area contributed by atoms with Crippen LogP contribution in [0, 0.1) is 0 Å². The Morgan fingerprint density at radius 3 is 2.56 bits per heavy atom. The SMILES string of the molecule is CN1CCNCC1C1(c2ccccc2)CCCC1. The van der Waals surface area contributed by atoms with Gasteiger partial charge < -0.3 is 10.2 Å². The third-order valence-corrected chi connectivity index (χ3v) is 4.99. The Hall–Kier alpha value is -0.860. The molecule has 98 valence electrons. The van der Waals surface area contributed by atoms with Crippen LogP contribution >= 0.6 is 0 Å². The lowest BCUT2D eigenvalue weighted by molar-refractivity contribution is 0.118. The molecule has 1 aliphatic carbocycles. The first-order valence-electron chi connectivity index (χ1n) is 7.29. The molecule has 0 spiro atoms. The molecule has 0 bridgehead atoms. The van der Waals surface area contributed by atoms with Crippen LogP contribution in [0.3, 0.4) is 0 Å². The number of nitrogens with zero attached hydrogens (tertiary/aromatic N) is 1. The van der Waals surface area contributed by atoms with Crippen molar-refractivity contribution in [3.05, 3.63) is 35.9 Å². The van der Waals surface area contributed by atoms with Gasteiger partial charge in [-0.05, 0) is 25.5 Å². The fraction of sp³-hybridized carbons (Fsp3) is 0.625. The van der Waals surface area contributed by atoms with Crippen molar-refractivity contribution in [3.8, 4) is 0 Å². The first-order chi connectivity index (χ1) is 8.83. The lowest BCUT2D eigenvalue weighted by Gasteiger charge is -2.46. The van der Waals surface area contributed by atoms with Crippen LogP contribution in [0.5, 0.6) is 0 Å². The minimum Gasteiger partial charge on any atom is -0.314 e. The molecule has 2 fully saturated rings. The lowest BCUT2D eigenvalue weighted by Crippen LogP contribution is -2.58. The summed E-state index contributed by atoms with van der Waals surface area (Å²) < 4.78 is 0. The van der Waals surface area contributed by atoms with Crippen LogP contribution in [0.15, 0.2) is 30.3 Å². The highest BCUT2D eigenvalue weighted by Crippen LogP contribution is 2.45. The van der Waals surface area contributed by atoms with Crippen molar-refractivity contribution in [1.29, 1.82) is 0 Å². The molecular formula is C16H24N2. The number of hydrogen-bond donors (Lipinski definition) is 1. The van der Waals surface area contributed by atoms with Gasteiger partial charge in [-0.25, -0.2) is 0 Å². The summed E-state index contributed by atoms with van der Waals surface area (Å²) in [6, 6.07) is 11.9. The van der Waals surface area contributed by atoms with Gasteiger partial charge in [0.25, 0.3) is 0 Å². The number of likely N-dealkylation sites (N-methyl/N-ethyl adjacent to an activating group) is 1. The summed E-state index contributed by atoms with van der Waals surface area (Å²) in [7, 11) is 2.30. The highest BCUT2D eigenvalue weighted by atomic mass is 15.2. The molecule has 1 N–H and O–H groups in total. The van der Waals surface area contributed by atoms with Crippen molar-refractivity contribution >= 4 is 0 Å². The van der Waals surface area contributed by atoms with E-state index in [2.05, 4.69) is 47.6 Å². The Labute approximate surface area is 110 Å². The van der Waals surface area contributed by atoms with Gasteiger partial charge in [-0.1, -0.05) is 43.2 Å². The second-order valence-corrected chi connectivity index (χ2v) is 5.93. The van der Waals surface area contributed by atoms with E-state index in [1.165, 1.54) is 32.2 Å². The molecule has 2 heteroatoms. The first kappa shape index (κ1) is 12.2. The smallest absolute Gasteiger partial charge is 0.0314 e. The Balaban J connectivity index is 1.96. The molecule has 2 nitrogen and oxygen atoms in total. The van der Waals surface area contributed by atoms with Gasteiger partial charge in [0.2, 0.25) is 0 Å². The number of piperazine rings is 1. The zero-order valence-electron chi connectivity index (χ0n) is 11.4. The maximum atomic E-state index is 3.60. The fourth-order valence-corrected chi connectivity index (χ4v) is 4.01. The van der Waals surface area contributed by atoms with Crippen molar-refractivity contribution in [3.63, 3.8) is 0 Å². The summed E-state index contributed by atoms with van der Waals surface area (Å²) in [5.41, 5.74) is 1.95. The van der Waals surface area contributed by atoms with E-state index in [1.54, 1.807) is 5.56 Å². The zero-order valence-corrected chi connectivity index (χ0v) is 11.4. The zero-order chi connectivity index (χ0) is 12.4. The van der Waals surface area contributed by atoms with Gasteiger partial charge in [-0.15, -0.1) is 0 Å². The monoisotopic (exact) mass is 244 g/mol. The maximum Gasteiger partial charge on any atom is 0.0314 e. The Morgan fingerprint density at radius 1 is 1.17 bits per heavy atom. The minimum absolute atomic E-state index is 0.392. The molecule has 3 rings (SSSR count). The molecule has 0 radical (unpaired) electrons. The van der Waals surface area contributed by atoms with E-state index in [1.807, 2.05) is 0 Å². The highest BCUT2D eigenvalue weighted by Gasteiger charge is 2.44. The summed E-state index contributed by atoms with van der Waals surface area (Å²) in [6.45, 7) is 3.46. The van der Waals surface area contributed by atoms with E-state index < -0.39 is 0 Å². The summed E-state index contributed by atoms with van der Waals surface area (Å²) in [5.74, 6) is 0. The van der Waals surface area contributed by atoms with Crippen molar-refractivity contribution in [2.45, 2.75) is 37.1 Å². The normalized spacial score (nSPS) is 28.4. The Morgan fingerprint density at radius 2 is 1.89 bits per heavy atom. The van der Waals surface area contributed by atoms with Gasteiger partial charge in [-0.3, -0.25) is 0 Å². The second-order valence-electron chi connectivity index (χ2n) is 5.93. The van der Waals surface area contributed by atoms with Gasteiger partial charge in [0.1, 0.15) is 0 Å². The highest BCUT2D eigenvalue weighted by molar-refractivity contribution is 5.29. The maximum absolute atomic E-state index is 3.60. The third-order valence-electron chi connectivity index (χ3n) is 4.99. The largest absolute Gasteiger partial charge is 0.314 e. The lowest BCUT2D eigenvalue weighted by atomic mass is 9.71. The molecule has 1 saturated heterocycles. The fourth-order valence-electron chi connectivity index (χ4n) is 4.01. The van der Waals surface area contributed by atoms with Gasteiger partial charge in [-0.2, -0.15) is 0 Å². The van der Waals surface area contributed by atoms with Crippen LogP contribution in [0.1, 0.15) is 31.2 Å². The number of hydrogen-bond acceptors (Lipinski definition) is 2. The quantitative estimate of drug-likeness (QED) is 0.859. The summed E-state index contributed by atoms with van der Waals surface area (Å²) in [6.07, 6.45) is 5.49. The van der Waals surface area contributed by atoms with Gasteiger partial charge >= 0.3 is 0 Å². The van der Waals surface area contributed by atoms with E-state index in [0.29, 0.717) is 11.5 Å². The molecule has 1 aromatic rings. The molecule has 1 saturated carbocycles. The molecule has 1 aliphatic heterocycles. The molecule has 0 amide bonds.